The van der Waals surface area contributed by atoms with Crippen LogP contribution < -0.4 is 9.80 Å². The van der Waals surface area contributed by atoms with Gasteiger partial charge in [-0.15, -0.1) is 10.2 Å². The minimum atomic E-state index is -0.300. The Kier molecular flexibility index (Phi) is 5.45. The number of β-amino-alcohol motifs (C(OH)–C–C–N with tert-alkyl or cyclic N) is 1. The number of aryl methyl sites for hydroxylation is 1. The van der Waals surface area contributed by atoms with Crippen molar-refractivity contribution >= 4 is 11.6 Å². The summed E-state index contributed by atoms with van der Waals surface area (Å²) < 4.78 is 2.02. The molecule has 4 heterocycles. The molecule has 0 bridgehead atoms. The Labute approximate surface area is 166 Å². The Morgan fingerprint density at radius 2 is 1.93 bits per heavy atom. The number of piperidine rings is 1. The van der Waals surface area contributed by atoms with Gasteiger partial charge in [0.05, 0.1) is 6.10 Å². The van der Waals surface area contributed by atoms with E-state index in [1.54, 1.807) is 12.7 Å². The molecule has 1 N–H and O–H groups in total. The Bertz CT molecular complexity index is 786. The number of aromatic nitrogens is 5. The second-order valence-corrected chi connectivity index (χ2v) is 8.25. The summed E-state index contributed by atoms with van der Waals surface area (Å²) in [5, 5.41) is 18.5. The summed E-state index contributed by atoms with van der Waals surface area (Å²) in [5.41, 5.74) is 0. The third-order valence-electron chi connectivity index (χ3n) is 5.83. The molecule has 0 unspecified atom stereocenters. The number of aliphatic hydroxyl groups is 1. The van der Waals surface area contributed by atoms with Crippen molar-refractivity contribution in [1.29, 1.82) is 0 Å². The summed E-state index contributed by atoms with van der Waals surface area (Å²) in [6.45, 7) is 3.41. The van der Waals surface area contributed by atoms with Crippen molar-refractivity contribution in [2.24, 2.45) is 7.05 Å². The lowest BCUT2D eigenvalue weighted by Crippen LogP contribution is -2.38. The van der Waals surface area contributed by atoms with Gasteiger partial charge in [0.15, 0.2) is 0 Å². The average molecular weight is 387 g/mol. The Morgan fingerprint density at radius 1 is 1.18 bits per heavy atom. The second kappa shape index (κ2) is 8.00. The highest BCUT2D eigenvalue weighted by Crippen LogP contribution is 2.31. The quantitative estimate of drug-likeness (QED) is 0.795. The van der Waals surface area contributed by atoms with Crippen molar-refractivity contribution in [2.45, 2.75) is 37.3 Å². The minimum Gasteiger partial charge on any atom is -0.391 e. The molecular weight excluding hydrogens is 356 g/mol. The van der Waals surface area contributed by atoms with Gasteiger partial charge in [-0.2, -0.15) is 0 Å². The van der Waals surface area contributed by atoms with Crippen LogP contribution in [0, 0.1) is 0 Å². The maximum absolute atomic E-state index is 10.2. The van der Waals surface area contributed by atoms with E-state index in [1.165, 1.54) is 0 Å². The van der Waals surface area contributed by atoms with Crippen LogP contribution in [-0.2, 0) is 7.05 Å². The van der Waals surface area contributed by atoms with Gasteiger partial charge in [0.1, 0.15) is 30.1 Å². The van der Waals surface area contributed by atoms with Crippen LogP contribution in [-0.4, -0.2) is 87.2 Å². The molecular formula is C19H30N8O. The largest absolute Gasteiger partial charge is 0.391 e. The van der Waals surface area contributed by atoms with E-state index < -0.39 is 0 Å². The minimum absolute atomic E-state index is 0.273. The smallest absolute Gasteiger partial charge is 0.135 e. The van der Waals surface area contributed by atoms with Crippen LogP contribution in [0.5, 0.6) is 0 Å². The highest BCUT2D eigenvalue weighted by molar-refractivity contribution is 5.52. The predicted molar refractivity (Wildman–Crippen MR) is 108 cm³/mol. The molecule has 2 aromatic heterocycles. The molecule has 2 saturated heterocycles. The summed E-state index contributed by atoms with van der Waals surface area (Å²) >= 11 is 0. The SMILES string of the molecule is CN(C)C[C@H]1C[C@@H](O)CN1c1cc(N2CCC(c3nncn3C)CC2)ncn1. The zero-order valence-corrected chi connectivity index (χ0v) is 16.9. The molecule has 28 heavy (non-hydrogen) atoms. The van der Waals surface area contributed by atoms with E-state index in [2.05, 4.69) is 55.0 Å². The van der Waals surface area contributed by atoms with Gasteiger partial charge >= 0.3 is 0 Å². The van der Waals surface area contributed by atoms with E-state index in [9.17, 15) is 5.11 Å². The van der Waals surface area contributed by atoms with E-state index >= 15 is 0 Å². The number of rotatable bonds is 5. The normalized spacial score (nSPS) is 23.8. The van der Waals surface area contributed by atoms with Crippen molar-refractivity contribution < 1.29 is 5.11 Å². The summed E-state index contributed by atoms with van der Waals surface area (Å²) in [5.74, 6) is 3.39. The number of hydrogen-bond donors (Lipinski definition) is 1. The van der Waals surface area contributed by atoms with Gasteiger partial charge in [-0.25, -0.2) is 9.97 Å². The molecule has 2 atom stereocenters. The van der Waals surface area contributed by atoms with Crippen molar-refractivity contribution in [1.82, 2.24) is 29.6 Å². The third kappa shape index (κ3) is 3.95. The van der Waals surface area contributed by atoms with E-state index in [4.69, 9.17) is 0 Å². The third-order valence-corrected chi connectivity index (χ3v) is 5.83. The first-order valence-electron chi connectivity index (χ1n) is 10.0. The molecule has 0 aromatic carbocycles. The highest BCUT2D eigenvalue weighted by atomic mass is 16.3. The Hall–Kier alpha value is -2.26. The van der Waals surface area contributed by atoms with E-state index in [-0.39, 0.29) is 12.1 Å². The molecule has 4 rings (SSSR count). The standard InChI is InChI=1S/C19H30N8O/c1-24(2)10-15-8-16(28)11-27(15)18-9-17(20-12-21-18)26-6-4-14(5-7-26)19-23-22-13-25(19)3/h9,12-16,28H,4-8,10-11H2,1-3H3/t15-,16-/m1/s1. The zero-order chi connectivity index (χ0) is 19.7. The summed E-state index contributed by atoms with van der Waals surface area (Å²) in [6, 6.07) is 2.35. The van der Waals surface area contributed by atoms with Gasteiger partial charge < -0.3 is 24.4 Å². The number of anilines is 2. The molecule has 9 nitrogen and oxygen atoms in total. The fourth-order valence-corrected chi connectivity index (χ4v) is 4.46. The highest BCUT2D eigenvalue weighted by Gasteiger charge is 2.33. The average Bonchev–Trinajstić information content (AvgIpc) is 3.27. The number of likely N-dealkylation sites (N-methyl/N-ethyl adjacent to an activating group) is 1. The maximum atomic E-state index is 10.2. The Balaban J connectivity index is 1.45. The number of nitrogens with zero attached hydrogens (tertiary/aromatic N) is 8. The van der Waals surface area contributed by atoms with Crippen molar-refractivity contribution in [3.63, 3.8) is 0 Å². The Morgan fingerprint density at radius 3 is 2.61 bits per heavy atom. The zero-order valence-electron chi connectivity index (χ0n) is 16.9. The molecule has 0 saturated carbocycles. The molecule has 2 aliphatic heterocycles. The predicted octanol–water partition coefficient (Wildman–Crippen LogP) is 0.490. The molecule has 0 aliphatic carbocycles. The first-order valence-corrected chi connectivity index (χ1v) is 10.0. The van der Waals surface area contributed by atoms with Gasteiger partial charge in [-0.3, -0.25) is 0 Å². The van der Waals surface area contributed by atoms with Crippen molar-refractivity contribution in [3.8, 4) is 0 Å². The van der Waals surface area contributed by atoms with E-state index in [0.29, 0.717) is 12.5 Å². The van der Waals surface area contributed by atoms with Crippen LogP contribution in [0.1, 0.15) is 31.0 Å². The lowest BCUT2D eigenvalue weighted by atomic mass is 9.96. The van der Waals surface area contributed by atoms with Crippen molar-refractivity contribution in [3.05, 3.63) is 24.5 Å². The van der Waals surface area contributed by atoms with Gasteiger partial charge in [0, 0.05) is 51.3 Å². The first-order chi connectivity index (χ1) is 13.5. The summed E-state index contributed by atoms with van der Waals surface area (Å²) in [7, 11) is 6.14. The molecule has 0 amide bonds. The molecule has 152 valence electrons. The van der Waals surface area contributed by atoms with Gasteiger partial charge in [-0.05, 0) is 33.4 Å². The molecule has 0 spiro atoms. The fraction of sp³-hybridized carbons (Fsp3) is 0.684. The van der Waals surface area contributed by atoms with E-state index in [0.717, 1.165) is 56.4 Å². The first kappa shape index (κ1) is 19.1. The molecule has 9 heteroatoms. The van der Waals surface area contributed by atoms with Crippen LogP contribution in [0.2, 0.25) is 0 Å². The second-order valence-electron chi connectivity index (χ2n) is 8.25. The van der Waals surface area contributed by atoms with Crippen LogP contribution in [0.4, 0.5) is 11.6 Å². The lowest BCUT2D eigenvalue weighted by Gasteiger charge is -2.33. The summed E-state index contributed by atoms with van der Waals surface area (Å²) in [6.07, 6.45) is 5.98. The van der Waals surface area contributed by atoms with Crippen LogP contribution in [0.3, 0.4) is 0 Å². The van der Waals surface area contributed by atoms with Gasteiger partial charge in [-0.1, -0.05) is 0 Å². The molecule has 0 radical (unpaired) electrons. The van der Waals surface area contributed by atoms with Gasteiger partial charge in [0.25, 0.3) is 0 Å². The fourth-order valence-electron chi connectivity index (χ4n) is 4.46. The molecule has 2 aliphatic rings. The monoisotopic (exact) mass is 386 g/mol. The summed E-state index contributed by atoms with van der Waals surface area (Å²) in [4.78, 5) is 15.8. The maximum Gasteiger partial charge on any atom is 0.135 e. The van der Waals surface area contributed by atoms with Crippen LogP contribution in [0.25, 0.3) is 0 Å². The van der Waals surface area contributed by atoms with Gasteiger partial charge in [0.2, 0.25) is 0 Å². The molecule has 2 aromatic rings. The van der Waals surface area contributed by atoms with Crippen LogP contribution in [0.15, 0.2) is 18.7 Å². The lowest BCUT2D eigenvalue weighted by molar-refractivity contribution is 0.191. The topological polar surface area (TPSA) is 86.4 Å². The van der Waals surface area contributed by atoms with E-state index in [1.807, 2.05) is 11.6 Å². The number of aliphatic hydroxyl groups excluding tert-OH is 1. The molecule has 2 fully saturated rings. The number of hydrogen-bond acceptors (Lipinski definition) is 8. The van der Waals surface area contributed by atoms with Crippen molar-refractivity contribution in [2.75, 3.05) is 50.1 Å². The van der Waals surface area contributed by atoms with Crippen LogP contribution >= 0.6 is 0 Å².